The van der Waals surface area contributed by atoms with Crippen molar-refractivity contribution in [1.82, 2.24) is 16.0 Å². The van der Waals surface area contributed by atoms with Gasteiger partial charge in [0.15, 0.2) is 0 Å². The average molecular weight is 423 g/mol. The lowest BCUT2D eigenvalue weighted by Crippen LogP contribution is -2.59. The monoisotopic (exact) mass is 422 g/mol. The van der Waals surface area contributed by atoms with Crippen LogP contribution in [-0.4, -0.2) is 88.4 Å². The summed E-state index contributed by atoms with van der Waals surface area (Å²) in [6, 6.07) is -4.75. The van der Waals surface area contributed by atoms with Crippen molar-refractivity contribution in [2.45, 2.75) is 44.4 Å². The van der Waals surface area contributed by atoms with E-state index < -0.39 is 67.0 Å². The first-order chi connectivity index (χ1) is 13.1. The van der Waals surface area contributed by atoms with Crippen molar-refractivity contribution in [1.29, 1.82) is 0 Å². The van der Waals surface area contributed by atoms with Gasteiger partial charge in [0.1, 0.15) is 24.2 Å². The average Bonchev–Trinajstić information content (AvgIpc) is 2.65. The number of hydrogen-bond acceptors (Lipinski definition) is 8. The highest BCUT2D eigenvalue weighted by molar-refractivity contribution is 7.98. The Labute approximate surface area is 167 Å². The Balaban J connectivity index is 5.24. The van der Waals surface area contributed by atoms with Crippen LogP contribution in [0.5, 0.6) is 0 Å². The number of aliphatic carboxylic acids is 1. The molecule has 0 aromatic carbocycles. The minimum Gasteiger partial charge on any atom is -0.480 e. The first-order valence-electron chi connectivity index (χ1n) is 8.69. The van der Waals surface area contributed by atoms with Crippen LogP contribution in [0.1, 0.15) is 20.3 Å². The highest BCUT2D eigenvalue weighted by Gasteiger charge is 2.31. The molecule has 0 aliphatic heterocycles. The molecule has 0 aliphatic carbocycles. The predicted molar refractivity (Wildman–Crippen MR) is 103 cm³/mol. The van der Waals surface area contributed by atoms with Crippen molar-refractivity contribution in [2.24, 2.45) is 11.7 Å². The Morgan fingerprint density at radius 2 is 1.50 bits per heavy atom. The number of carboxylic acid groups (broad SMARTS) is 1. The van der Waals surface area contributed by atoms with Gasteiger partial charge in [0, 0.05) is 0 Å². The summed E-state index contributed by atoms with van der Waals surface area (Å²) in [4.78, 5) is 47.9. The zero-order valence-corrected chi connectivity index (χ0v) is 17.0. The number of thioether (sulfide) groups is 1. The van der Waals surface area contributed by atoms with Crippen molar-refractivity contribution >= 4 is 35.5 Å². The molecule has 12 heteroatoms. The van der Waals surface area contributed by atoms with Gasteiger partial charge in [0.05, 0.1) is 13.2 Å². The van der Waals surface area contributed by atoms with Crippen LogP contribution in [0.15, 0.2) is 0 Å². The highest BCUT2D eigenvalue weighted by atomic mass is 32.2. The quantitative estimate of drug-likeness (QED) is 0.165. The molecule has 0 spiro atoms. The molecule has 0 saturated carbocycles. The number of carbonyl (C=O) groups is 4. The standard InChI is InChI=1S/C16H30N4O7S/c1-8(2)12(15(25)19-11(7-22)16(26)27)20-14(24)10(4-5-28-3)18-13(23)9(17)6-21/h8-12,21-22H,4-7,17H2,1-3H3,(H,18,23)(H,19,25)(H,20,24)(H,26,27). The fourth-order valence-electron chi connectivity index (χ4n) is 2.10. The van der Waals surface area contributed by atoms with Gasteiger partial charge in [-0.1, -0.05) is 13.8 Å². The Kier molecular flexibility index (Phi) is 12.4. The summed E-state index contributed by atoms with van der Waals surface area (Å²) in [6.07, 6.45) is 2.08. The number of nitrogens with one attached hydrogen (secondary N) is 3. The largest absolute Gasteiger partial charge is 0.480 e. The summed E-state index contributed by atoms with van der Waals surface area (Å²) >= 11 is 1.45. The fourth-order valence-corrected chi connectivity index (χ4v) is 2.57. The predicted octanol–water partition coefficient (Wildman–Crippen LogP) is -2.75. The molecule has 0 aromatic rings. The molecular weight excluding hydrogens is 392 g/mol. The molecule has 3 amide bonds. The van der Waals surface area contributed by atoms with E-state index in [0.717, 1.165) is 0 Å². The number of aliphatic hydroxyl groups is 2. The summed E-state index contributed by atoms with van der Waals surface area (Å²) in [5, 5.41) is 34.0. The number of hydrogen-bond donors (Lipinski definition) is 7. The van der Waals surface area contributed by atoms with E-state index >= 15 is 0 Å². The van der Waals surface area contributed by atoms with Crippen molar-refractivity contribution in [3.05, 3.63) is 0 Å². The molecule has 0 aromatic heterocycles. The molecule has 8 N–H and O–H groups in total. The van der Waals surface area contributed by atoms with E-state index in [-0.39, 0.29) is 6.42 Å². The van der Waals surface area contributed by atoms with Crippen LogP contribution in [0.3, 0.4) is 0 Å². The van der Waals surface area contributed by atoms with Crippen LogP contribution in [0, 0.1) is 5.92 Å². The van der Waals surface area contributed by atoms with E-state index in [1.54, 1.807) is 13.8 Å². The topological polar surface area (TPSA) is 191 Å². The van der Waals surface area contributed by atoms with Gasteiger partial charge in [0.25, 0.3) is 0 Å². The molecule has 0 bridgehead atoms. The van der Waals surface area contributed by atoms with E-state index in [2.05, 4.69) is 16.0 Å². The van der Waals surface area contributed by atoms with E-state index in [1.165, 1.54) is 11.8 Å². The number of carbonyl (C=O) groups excluding carboxylic acids is 3. The summed E-state index contributed by atoms with van der Waals surface area (Å²) in [6.45, 7) is 1.91. The second-order valence-electron chi connectivity index (χ2n) is 6.44. The Bertz CT molecular complexity index is 547. The zero-order valence-electron chi connectivity index (χ0n) is 16.2. The maximum absolute atomic E-state index is 12.6. The molecule has 28 heavy (non-hydrogen) atoms. The summed E-state index contributed by atoms with van der Waals surface area (Å²) in [5.41, 5.74) is 5.45. The van der Waals surface area contributed by atoms with Crippen LogP contribution in [0.2, 0.25) is 0 Å². The van der Waals surface area contributed by atoms with Gasteiger partial charge in [-0.3, -0.25) is 14.4 Å². The lowest BCUT2D eigenvalue weighted by Gasteiger charge is -2.26. The van der Waals surface area contributed by atoms with E-state index in [1.807, 2.05) is 6.26 Å². The molecule has 162 valence electrons. The summed E-state index contributed by atoms with van der Waals surface area (Å²) in [7, 11) is 0. The molecule has 0 saturated heterocycles. The number of aliphatic hydroxyl groups excluding tert-OH is 2. The molecule has 0 heterocycles. The van der Waals surface area contributed by atoms with Crippen LogP contribution in [0.4, 0.5) is 0 Å². The second kappa shape index (κ2) is 13.3. The van der Waals surface area contributed by atoms with Gasteiger partial charge in [-0.05, 0) is 24.3 Å². The Morgan fingerprint density at radius 1 is 0.929 bits per heavy atom. The molecular formula is C16H30N4O7S. The van der Waals surface area contributed by atoms with Crippen LogP contribution in [-0.2, 0) is 19.2 Å². The summed E-state index contributed by atoms with van der Waals surface area (Å²) in [5.74, 6) is -3.39. The first-order valence-corrected chi connectivity index (χ1v) is 10.1. The first kappa shape index (κ1) is 26.1. The Hall–Kier alpha value is -1.89. The second-order valence-corrected chi connectivity index (χ2v) is 7.43. The lowest BCUT2D eigenvalue weighted by molar-refractivity contribution is -0.143. The minimum absolute atomic E-state index is 0.262. The molecule has 0 radical (unpaired) electrons. The van der Waals surface area contributed by atoms with E-state index in [9.17, 15) is 19.2 Å². The molecule has 4 unspecified atom stereocenters. The van der Waals surface area contributed by atoms with Gasteiger partial charge in [-0.15, -0.1) is 0 Å². The highest BCUT2D eigenvalue weighted by Crippen LogP contribution is 2.06. The molecule has 0 rings (SSSR count). The van der Waals surface area contributed by atoms with Crippen molar-refractivity contribution in [3.63, 3.8) is 0 Å². The zero-order chi connectivity index (χ0) is 21.9. The normalized spacial score (nSPS) is 15.2. The minimum atomic E-state index is -1.50. The number of nitrogens with two attached hydrogens (primary N) is 1. The SMILES string of the molecule is CSCCC(NC(=O)C(N)CO)C(=O)NC(C(=O)NC(CO)C(=O)O)C(C)C. The summed E-state index contributed by atoms with van der Waals surface area (Å²) < 4.78 is 0. The molecule has 4 atom stereocenters. The number of amides is 3. The van der Waals surface area contributed by atoms with E-state index in [4.69, 9.17) is 21.1 Å². The fraction of sp³-hybridized carbons (Fsp3) is 0.750. The van der Waals surface area contributed by atoms with Crippen LogP contribution >= 0.6 is 11.8 Å². The van der Waals surface area contributed by atoms with Crippen LogP contribution in [0.25, 0.3) is 0 Å². The third kappa shape index (κ3) is 8.87. The number of rotatable bonds is 13. The third-order valence-electron chi connectivity index (χ3n) is 3.82. The van der Waals surface area contributed by atoms with Gasteiger partial charge in [-0.25, -0.2) is 4.79 Å². The maximum atomic E-state index is 12.6. The van der Waals surface area contributed by atoms with Crippen molar-refractivity contribution in [3.8, 4) is 0 Å². The van der Waals surface area contributed by atoms with Gasteiger partial charge in [-0.2, -0.15) is 11.8 Å². The molecule has 0 aliphatic rings. The van der Waals surface area contributed by atoms with Crippen molar-refractivity contribution < 1.29 is 34.5 Å². The number of carboxylic acids is 1. The maximum Gasteiger partial charge on any atom is 0.328 e. The lowest BCUT2D eigenvalue weighted by atomic mass is 10.0. The molecule has 11 nitrogen and oxygen atoms in total. The van der Waals surface area contributed by atoms with Gasteiger partial charge >= 0.3 is 5.97 Å². The van der Waals surface area contributed by atoms with Gasteiger partial charge < -0.3 is 37.0 Å². The Morgan fingerprint density at radius 3 is 1.93 bits per heavy atom. The van der Waals surface area contributed by atoms with Crippen LogP contribution < -0.4 is 21.7 Å². The molecule has 0 fully saturated rings. The van der Waals surface area contributed by atoms with Gasteiger partial charge in [0.2, 0.25) is 17.7 Å². The smallest absolute Gasteiger partial charge is 0.328 e. The van der Waals surface area contributed by atoms with E-state index in [0.29, 0.717) is 5.75 Å². The third-order valence-corrected chi connectivity index (χ3v) is 4.47. The van der Waals surface area contributed by atoms with Crippen molar-refractivity contribution in [2.75, 3.05) is 25.2 Å².